The number of carbonyl (C=O) groups excluding carboxylic acids is 2. The number of nitrogens with zero attached hydrogens (tertiary/aromatic N) is 1. The molecular weight excluding hydrogens is 434 g/mol. The first-order valence-corrected chi connectivity index (χ1v) is 15.0. The first-order valence-electron chi connectivity index (χ1n) is 12.0. The average molecular weight is 478 g/mol. The van der Waals surface area contributed by atoms with Crippen molar-refractivity contribution in [3.05, 3.63) is 35.9 Å². The number of carbonyl (C=O) groups is 2. The van der Waals surface area contributed by atoms with Gasteiger partial charge in [-0.25, -0.2) is 9.69 Å². The van der Waals surface area contributed by atoms with E-state index in [1.54, 1.807) is 0 Å². The van der Waals surface area contributed by atoms with Gasteiger partial charge in [0.25, 0.3) is 0 Å². The number of ether oxygens (including phenoxy) is 2. The van der Waals surface area contributed by atoms with Crippen LogP contribution in [-0.4, -0.2) is 50.1 Å². The second kappa shape index (κ2) is 11.1. The van der Waals surface area contributed by atoms with Gasteiger partial charge >= 0.3 is 6.09 Å². The molecule has 2 rings (SSSR count). The van der Waals surface area contributed by atoms with E-state index in [9.17, 15) is 9.59 Å². The van der Waals surface area contributed by atoms with E-state index in [0.717, 1.165) is 18.4 Å². The summed E-state index contributed by atoms with van der Waals surface area (Å²) in [4.78, 5) is 27.0. The number of imide groups is 1. The van der Waals surface area contributed by atoms with Gasteiger partial charge in [-0.05, 0) is 63.7 Å². The quantitative estimate of drug-likeness (QED) is 0.315. The molecule has 1 aliphatic rings. The third-order valence-electron chi connectivity index (χ3n) is 6.45. The van der Waals surface area contributed by atoms with Crippen molar-refractivity contribution in [1.82, 2.24) is 4.90 Å². The van der Waals surface area contributed by atoms with Gasteiger partial charge in [0.15, 0.2) is 8.32 Å². The molecule has 0 saturated carbocycles. The zero-order valence-corrected chi connectivity index (χ0v) is 22.8. The topological polar surface area (TPSA) is 65.1 Å². The fraction of sp³-hybridized carbons (Fsp3) is 0.692. The second-order valence-electron chi connectivity index (χ2n) is 11.5. The zero-order valence-electron chi connectivity index (χ0n) is 21.8. The summed E-state index contributed by atoms with van der Waals surface area (Å²) in [6.45, 7) is 18.0. The fourth-order valence-corrected chi connectivity index (χ4v) is 4.99. The van der Waals surface area contributed by atoms with Gasteiger partial charge < -0.3 is 13.9 Å². The molecule has 186 valence electrons. The highest BCUT2D eigenvalue weighted by Crippen LogP contribution is 2.40. The number of hydrogen-bond acceptors (Lipinski definition) is 5. The Morgan fingerprint density at radius 1 is 1.12 bits per heavy atom. The maximum Gasteiger partial charge on any atom is 0.417 e. The highest BCUT2D eigenvalue weighted by atomic mass is 28.4. The van der Waals surface area contributed by atoms with Crippen LogP contribution in [-0.2, 0) is 25.3 Å². The van der Waals surface area contributed by atoms with Crippen molar-refractivity contribution >= 4 is 20.3 Å². The average Bonchev–Trinajstić information content (AvgIpc) is 3.07. The van der Waals surface area contributed by atoms with Crippen molar-refractivity contribution in [2.24, 2.45) is 5.92 Å². The van der Waals surface area contributed by atoms with Gasteiger partial charge in [-0.1, -0.05) is 51.1 Å². The molecule has 33 heavy (non-hydrogen) atoms. The van der Waals surface area contributed by atoms with Crippen LogP contribution >= 0.6 is 0 Å². The van der Waals surface area contributed by atoms with Crippen LogP contribution in [0.2, 0.25) is 18.1 Å². The second-order valence-corrected chi connectivity index (χ2v) is 16.2. The lowest BCUT2D eigenvalue weighted by Gasteiger charge is -2.40. The number of hydrogen-bond donors (Lipinski definition) is 0. The smallest absolute Gasteiger partial charge is 0.417 e. The summed E-state index contributed by atoms with van der Waals surface area (Å²) in [7, 11) is -2.10. The van der Waals surface area contributed by atoms with E-state index in [-0.39, 0.29) is 23.0 Å². The van der Waals surface area contributed by atoms with E-state index in [0.29, 0.717) is 26.2 Å². The third kappa shape index (κ3) is 8.23. The molecule has 7 heteroatoms. The monoisotopic (exact) mass is 477 g/mol. The molecule has 1 heterocycles. The Labute approximate surface area is 201 Å². The third-order valence-corrected chi connectivity index (χ3v) is 11.0. The summed E-state index contributed by atoms with van der Waals surface area (Å²) in [5.41, 5.74) is 0.508. The Kier molecular flexibility index (Phi) is 9.30. The standard InChI is InChI=1S/C26H43NO5Si/c1-25(2,3)31-24(29)27-17-16-21(23(27)28)22(32-33(7,8)26(4,5)6)15-12-18-30-19-20-13-10-9-11-14-20/h9-11,13-14,21-22H,12,15-19H2,1-8H3/t21-,22+/m1/s1. The largest absolute Gasteiger partial charge is 0.443 e. The molecule has 0 N–H and O–H groups in total. The van der Waals surface area contributed by atoms with Gasteiger partial charge in [0.05, 0.1) is 18.6 Å². The lowest BCUT2D eigenvalue weighted by atomic mass is 9.97. The first-order chi connectivity index (χ1) is 15.2. The van der Waals surface area contributed by atoms with Gasteiger partial charge in [-0.15, -0.1) is 0 Å². The maximum absolute atomic E-state index is 13.2. The molecule has 0 aromatic heterocycles. The maximum atomic E-state index is 13.2. The van der Waals surface area contributed by atoms with Crippen molar-refractivity contribution in [2.45, 2.75) is 97.2 Å². The predicted molar refractivity (Wildman–Crippen MR) is 133 cm³/mol. The van der Waals surface area contributed by atoms with Gasteiger partial charge in [-0.3, -0.25) is 4.79 Å². The number of rotatable bonds is 9. The normalized spacial score (nSPS) is 18.5. The van der Waals surface area contributed by atoms with E-state index in [4.69, 9.17) is 13.9 Å². The SMILES string of the molecule is CC(C)(C)OC(=O)N1CC[C@H]([C@H](CCCOCc2ccccc2)O[Si](C)(C)C(C)(C)C)C1=O. The lowest BCUT2D eigenvalue weighted by Crippen LogP contribution is -2.47. The summed E-state index contributed by atoms with van der Waals surface area (Å²) in [5.74, 6) is -0.515. The van der Waals surface area contributed by atoms with Gasteiger partial charge in [-0.2, -0.15) is 0 Å². The predicted octanol–water partition coefficient (Wildman–Crippen LogP) is 6.16. The van der Waals surface area contributed by atoms with E-state index in [1.807, 2.05) is 51.1 Å². The van der Waals surface area contributed by atoms with Crippen LogP contribution in [0, 0.1) is 5.92 Å². The van der Waals surface area contributed by atoms with Crippen LogP contribution in [0.15, 0.2) is 30.3 Å². The summed E-state index contributed by atoms with van der Waals surface area (Å²) in [6, 6.07) is 10.1. The summed E-state index contributed by atoms with van der Waals surface area (Å²) < 4.78 is 18.0. The Bertz CT molecular complexity index is 782. The highest BCUT2D eigenvalue weighted by Gasteiger charge is 2.46. The molecule has 1 fully saturated rings. The van der Waals surface area contributed by atoms with Crippen LogP contribution < -0.4 is 0 Å². The summed E-state index contributed by atoms with van der Waals surface area (Å²) in [6.07, 6.45) is 1.32. The zero-order chi connectivity index (χ0) is 24.9. The molecule has 0 aliphatic carbocycles. The first kappa shape index (κ1) is 27.5. The van der Waals surface area contributed by atoms with Crippen LogP contribution in [0.4, 0.5) is 4.79 Å². The van der Waals surface area contributed by atoms with Crippen LogP contribution in [0.5, 0.6) is 0 Å². The summed E-state index contributed by atoms with van der Waals surface area (Å²) in [5, 5.41) is 0.0293. The lowest BCUT2D eigenvalue weighted by molar-refractivity contribution is -0.133. The Morgan fingerprint density at radius 2 is 1.76 bits per heavy atom. The molecule has 0 unspecified atom stereocenters. The Morgan fingerprint density at radius 3 is 2.33 bits per heavy atom. The van der Waals surface area contributed by atoms with Gasteiger partial charge in [0.1, 0.15) is 5.60 Å². The van der Waals surface area contributed by atoms with Gasteiger partial charge in [0, 0.05) is 13.2 Å². The minimum Gasteiger partial charge on any atom is -0.443 e. The van der Waals surface area contributed by atoms with Crippen LogP contribution in [0.1, 0.15) is 66.4 Å². The molecule has 0 bridgehead atoms. The highest BCUT2D eigenvalue weighted by molar-refractivity contribution is 6.74. The van der Waals surface area contributed by atoms with Crippen molar-refractivity contribution < 1.29 is 23.5 Å². The van der Waals surface area contributed by atoms with E-state index >= 15 is 0 Å². The van der Waals surface area contributed by atoms with Crippen molar-refractivity contribution in [3.8, 4) is 0 Å². The summed E-state index contributed by atoms with van der Waals surface area (Å²) >= 11 is 0. The van der Waals surface area contributed by atoms with E-state index in [1.165, 1.54) is 4.90 Å². The Balaban J connectivity index is 2.03. The number of amides is 2. The Hall–Kier alpha value is -1.70. The van der Waals surface area contributed by atoms with Crippen LogP contribution in [0.3, 0.4) is 0 Å². The van der Waals surface area contributed by atoms with E-state index < -0.39 is 20.0 Å². The van der Waals surface area contributed by atoms with Crippen molar-refractivity contribution in [1.29, 1.82) is 0 Å². The molecule has 6 nitrogen and oxygen atoms in total. The molecule has 2 atom stereocenters. The fourth-order valence-electron chi connectivity index (χ4n) is 3.59. The molecule has 0 spiro atoms. The molecule has 0 radical (unpaired) electrons. The molecule has 2 amide bonds. The van der Waals surface area contributed by atoms with Crippen LogP contribution in [0.25, 0.3) is 0 Å². The van der Waals surface area contributed by atoms with E-state index in [2.05, 4.69) is 33.9 Å². The van der Waals surface area contributed by atoms with Crippen molar-refractivity contribution in [2.75, 3.05) is 13.2 Å². The number of likely N-dealkylation sites (tertiary alicyclic amines) is 1. The van der Waals surface area contributed by atoms with Crippen molar-refractivity contribution in [3.63, 3.8) is 0 Å². The molecule has 1 saturated heterocycles. The van der Waals surface area contributed by atoms with Gasteiger partial charge in [0.2, 0.25) is 5.91 Å². The number of benzene rings is 1. The molecule has 1 aliphatic heterocycles. The minimum absolute atomic E-state index is 0.0293. The molecule has 1 aromatic rings. The molecule has 1 aromatic carbocycles. The molecular formula is C26H43NO5Si. The minimum atomic E-state index is -2.10.